The standard InChI is InChI=1S/C16H16N4O/c1-20-7-5-11-8-12(2-3-15(11)20)21-16-13-9-17-6-4-14(13)18-10-19-16/h2-3,5,7-8,10,17H,4,6,9H2,1H3. The third-order valence-electron chi connectivity index (χ3n) is 3.91. The lowest BCUT2D eigenvalue weighted by Gasteiger charge is -2.18. The molecule has 4 rings (SSSR count). The van der Waals surface area contributed by atoms with Crippen molar-refractivity contribution in [2.45, 2.75) is 13.0 Å². The molecule has 5 nitrogen and oxygen atoms in total. The van der Waals surface area contributed by atoms with Gasteiger partial charge >= 0.3 is 0 Å². The number of hydrogen-bond donors (Lipinski definition) is 1. The molecule has 0 unspecified atom stereocenters. The van der Waals surface area contributed by atoms with Crippen molar-refractivity contribution in [1.29, 1.82) is 0 Å². The summed E-state index contributed by atoms with van der Waals surface area (Å²) in [5, 5.41) is 4.50. The molecule has 1 aliphatic heterocycles. The van der Waals surface area contributed by atoms with Gasteiger partial charge in [0.05, 0.1) is 11.3 Å². The summed E-state index contributed by atoms with van der Waals surface area (Å²) >= 11 is 0. The number of nitrogens with one attached hydrogen (secondary N) is 1. The van der Waals surface area contributed by atoms with E-state index < -0.39 is 0 Å². The van der Waals surface area contributed by atoms with Gasteiger partial charge in [0.25, 0.3) is 0 Å². The van der Waals surface area contributed by atoms with E-state index in [9.17, 15) is 0 Å². The topological polar surface area (TPSA) is 52.0 Å². The second-order valence-corrected chi connectivity index (χ2v) is 5.28. The molecule has 0 radical (unpaired) electrons. The second kappa shape index (κ2) is 4.86. The Kier molecular flexibility index (Phi) is 2.86. The van der Waals surface area contributed by atoms with Crippen molar-refractivity contribution in [2.24, 2.45) is 7.05 Å². The van der Waals surface area contributed by atoms with E-state index in [0.29, 0.717) is 5.88 Å². The van der Waals surface area contributed by atoms with Gasteiger partial charge in [0.15, 0.2) is 0 Å². The van der Waals surface area contributed by atoms with Crippen LogP contribution in [0.3, 0.4) is 0 Å². The highest BCUT2D eigenvalue weighted by Crippen LogP contribution is 2.28. The first-order chi connectivity index (χ1) is 10.3. The average molecular weight is 280 g/mol. The highest BCUT2D eigenvalue weighted by atomic mass is 16.5. The third kappa shape index (κ3) is 2.15. The van der Waals surface area contributed by atoms with Crippen molar-refractivity contribution in [1.82, 2.24) is 19.9 Å². The molecule has 0 saturated carbocycles. The molecular formula is C16H16N4O. The molecule has 0 spiro atoms. The van der Waals surface area contributed by atoms with Crippen molar-refractivity contribution in [2.75, 3.05) is 6.54 Å². The maximum Gasteiger partial charge on any atom is 0.227 e. The van der Waals surface area contributed by atoms with Crippen molar-refractivity contribution in [3.8, 4) is 11.6 Å². The zero-order chi connectivity index (χ0) is 14.2. The highest BCUT2D eigenvalue weighted by Gasteiger charge is 2.16. The van der Waals surface area contributed by atoms with Gasteiger partial charge in [-0.2, -0.15) is 0 Å². The maximum atomic E-state index is 5.99. The van der Waals surface area contributed by atoms with E-state index in [2.05, 4.69) is 32.0 Å². The Morgan fingerprint density at radius 2 is 2.19 bits per heavy atom. The first-order valence-electron chi connectivity index (χ1n) is 7.08. The summed E-state index contributed by atoms with van der Waals surface area (Å²) in [5.41, 5.74) is 3.34. The van der Waals surface area contributed by atoms with Crippen LogP contribution in [0.5, 0.6) is 11.6 Å². The SMILES string of the molecule is Cn1ccc2cc(Oc3ncnc4c3CNCC4)ccc21. The lowest BCUT2D eigenvalue weighted by molar-refractivity contribution is 0.444. The Morgan fingerprint density at radius 3 is 3.14 bits per heavy atom. The number of rotatable bonds is 2. The quantitative estimate of drug-likeness (QED) is 0.783. The molecule has 106 valence electrons. The summed E-state index contributed by atoms with van der Waals surface area (Å²) in [5.74, 6) is 1.46. The van der Waals surface area contributed by atoms with E-state index in [1.807, 2.05) is 25.4 Å². The van der Waals surface area contributed by atoms with Crippen LogP contribution in [-0.2, 0) is 20.0 Å². The Balaban J connectivity index is 1.71. The van der Waals surface area contributed by atoms with Gasteiger partial charge in [-0.3, -0.25) is 0 Å². The second-order valence-electron chi connectivity index (χ2n) is 5.28. The van der Waals surface area contributed by atoms with Gasteiger partial charge in [0.2, 0.25) is 5.88 Å². The van der Waals surface area contributed by atoms with Gasteiger partial charge in [-0.25, -0.2) is 9.97 Å². The summed E-state index contributed by atoms with van der Waals surface area (Å²) in [6, 6.07) is 8.17. The molecule has 3 aromatic rings. The van der Waals surface area contributed by atoms with E-state index in [0.717, 1.165) is 41.9 Å². The van der Waals surface area contributed by atoms with Gasteiger partial charge in [-0.1, -0.05) is 0 Å². The predicted molar refractivity (Wildman–Crippen MR) is 80.4 cm³/mol. The fraction of sp³-hybridized carbons (Fsp3) is 0.250. The number of ether oxygens (including phenoxy) is 1. The summed E-state index contributed by atoms with van der Waals surface area (Å²) in [4.78, 5) is 8.63. The number of fused-ring (bicyclic) bond motifs is 2. The normalized spacial score (nSPS) is 14.1. The van der Waals surface area contributed by atoms with E-state index >= 15 is 0 Å². The lowest BCUT2D eigenvalue weighted by Crippen LogP contribution is -2.25. The minimum Gasteiger partial charge on any atom is -0.439 e. The van der Waals surface area contributed by atoms with Crippen molar-refractivity contribution in [3.63, 3.8) is 0 Å². The maximum absolute atomic E-state index is 5.99. The summed E-state index contributed by atoms with van der Waals surface area (Å²) in [6.45, 7) is 1.72. The van der Waals surface area contributed by atoms with Crippen molar-refractivity contribution in [3.05, 3.63) is 48.0 Å². The molecule has 1 N–H and O–H groups in total. The molecule has 1 aromatic carbocycles. The number of hydrogen-bond acceptors (Lipinski definition) is 4. The van der Waals surface area contributed by atoms with Crippen molar-refractivity contribution >= 4 is 10.9 Å². The first kappa shape index (κ1) is 12.3. The fourth-order valence-corrected chi connectivity index (χ4v) is 2.77. The fourth-order valence-electron chi connectivity index (χ4n) is 2.77. The first-order valence-corrected chi connectivity index (χ1v) is 7.08. The molecule has 21 heavy (non-hydrogen) atoms. The lowest BCUT2D eigenvalue weighted by atomic mass is 10.1. The Labute approximate surface area is 122 Å². The average Bonchev–Trinajstić information content (AvgIpc) is 2.89. The van der Waals surface area contributed by atoms with E-state index in [4.69, 9.17) is 4.74 Å². The third-order valence-corrected chi connectivity index (χ3v) is 3.91. The van der Waals surface area contributed by atoms with Crippen LogP contribution in [0.25, 0.3) is 10.9 Å². The van der Waals surface area contributed by atoms with Crippen LogP contribution < -0.4 is 10.1 Å². The zero-order valence-corrected chi connectivity index (χ0v) is 11.8. The van der Waals surface area contributed by atoms with Gasteiger partial charge in [0.1, 0.15) is 12.1 Å². The zero-order valence-electron chi connectivity index (χ0n) is 11.8. The Morgan fingerprint density at radius 1 is 1.24 bits per heavy atom. The van der Waals surface area contributed by atoms with Gasteiger partial charge in [-0.05, 0) is 24.3 Å². The molecule has 0 bridgehead atoms. The van der Waals surface area contributed by atoms with E-state index in [-0.39, 0.29) is 0 Å². The molecule has 0 atom stereocenters. The highest BCUT2D eigenvalue weighted by molar-refractivity contribution is 5.81. The monoisotopic (exact) mass is 280 g/mol. The number of aryl methyl sites for hydroxylation is 1. The van der Waals surface area contributed by atoms with Crippen LogP contribution in [0, 0.1) is 0 Å². The molecular weight excluding hydrogens is 264 g/mol. The molecule has 0 aliphatic carbocycles. The largest absolute Gasteiger partial charge is 0.439 e. The van der Waals surface area contributed by atoms with E-state index in [1.165, 1.54) is 5.52 Å². The predicted octanol–water partition coefficient (Wildman–Crippen LogP) is 2.41. The smallest absolute Gasteiger partial charge is 0.227 e. The van der Waals surface area contributed by atoms with Crippen LogP contribution in [-0.4, -0.2) is 21.1 Å². The minimum atomic E-state index is 0.655. The van der Waals surface area contributed by atoms with Gasteiger partial charge in [0, 0.05) is 43.7 Å². The molecule has 3 heterocycles. The molecule has 2 aromatic heterocycles. The van der Waals surface area contributed by atoms with Crippen molar-refractivity contribution < 1.29 is 4.74 Å². The van der Waals surface area contributed by atoms with Crippen LogP contribution in [0.15, 0.2) is 36.8 Å². The molecule has 1 aliphatic rings. The van der Waals surface area contributed by atoms with Crippen LogP contribution in [0.4, 0.5) is 0 Å². The van der Waals surface area contributed by atoms with Crippen LogP contribution >= 0.6 is 0 Å². The van der Waals surface area contributed by atoms with Crippen LogP contribution in [0.1, 0.15) is 11.3 Å². The van der Waals surface area contributed by atoms with Crippen LogP contribution in [0.2, 0.25) is 0 Å². The van der Waals surface area contributed by atoms with E-state index in [1.54, 1.807) is 6.33 Å². The van der Waals surface area contributed by atoms with Gasteiger partial charge in [-0.15, -0.1) is 0 Å². The summed E-state index contributed by atoms with van der Waals surface area (Å²) in [6.07, 6.45) is 4.55. The van der Waals surface area contributed by atoms with Gasteiger partial charge < -0.3 is 14.6 Å². The number of benzene rings is 1. The summed E-state index contributed by atoms with van der Waals surface area (Å²) < 4.78 is 8.09. The molecule has 0 fully saturated rings. The Bertz CT molecular complexity index is 809. The molecule has 5 heteroatoms. The summed E-state index contributed by atoms with van der Waals surface area (Å²) in [7, 11) is 2.04. The minimum absolute atomic E-state index is 0.655. The molecule has 0 saturated heterocycles. The molecule has 0 amide bonds. The number of nitrogens with zero attached hydrogens (tertiary/aromatic N) is 3. The number of aromatic nitrogens is 3. The Hall–Kier alpha value is -2.40.